The molecule has 1 fully saturated rings. The number of hydrogen-bond acceptors (Lipinski definition) is 12. The number of unbranched alkanes of at least 4 members (excludes halogenated alkanes) is 1. The Hall–Kier alpha value is -7.28. The van der Waals surface area contributed by atoms with Crippen molar-refractivity contribution in [2.75, 3.05) is 70.2 Å². The third-order valence-electron chi connectivity index (χ3n) is 12.0. The highest BCUT2D eigenvalue weighted by Gasteiger charge is 2.53. The summed E-state index contributed by atoms with van der Waals surface area (Å²) in [6.07, 6.45) is 4.77. The van der Waals surface area contributed by atoms with Crippen molar-refractivity contribution in [3.05, 3.63) is 131 Å². The summed E-state index contributed by atoms with van der Waals surface area (Å²) in [5.74, 6) is -0.473. The van der Waals surface area contributed by atoms with E-state index in [4.69, 9.17) is 4.74 Å². The lowest BCUT2D eigenvalue weighted by molar-refractivity contribution is -0.286. The molecule has 1 aliphatic heterocycles. The fraction of sp³-hybridized carbons (Fsp3) is 0.358. The SMILES string of the molecule is CCCCNCCNc1ccc(CCNC(=O)c2cnc3c(ccn3CC=O)c2)cc1.CNCCOCCNC(=O)c1cccc(-c2nc(NC(=O)C3(c4ccc5c(c4)OC(F)(F)O5)CC3)ccc2C)c1. The Morgan fingerprint density at radius 3 is 2.38 bits per heavy atom. The molecule has 1 aliphatic carbocycles. The van der Waals surface area contributed by atoms with Crippen LogP contribution in [0, 0.1) is 6.92 Å². The highest BCUT2D eigenvalue weighted by Crippen LogP contribution is 2.52. The van der Waals surface area contributed by atoms with Gasteiger partial charge in [-0.15, -0.1) is 8.78 Å². The number of pyridine rings is 2. The van der Waals surface area contributed by atoms with Gasteiger partial charge in [-0.05, 0) is 117 Å². The van der Waals surface area contributed by atoms with Crippen LogP contribution in [-0.4, -0.2) is 104 Å². The number of aromatic nitrogens is 3. The van der Waals surface area contributed by atoms with E-state index in [0.717, 1.165) is 61.1 Å². The van der Waals surface area contributed by atoms with Crippen molar-refractivity contribution in [3.63, 3.8) is 0 Å². The lowest BCUT2D eigenvalue weighted by Gasteiger charge is -2.17. The monoisotopic (exact) mass is 973 g/mol. The van der Waals surface area contributed by atoms with E-state index >= 15 is 0 Å². The van der Waals surface area contributed by atoms with Crippen LogP contribution in [0.4, 0.5) is 20.3 Å². The molecule has 6 N–H and O–H groups in total. The Labute approximate surface area is 411 Å². The number of nitrogens with zero attached hydrogens (tertiary/aromatic N) is 3. The van der Waals surface area contributed by atoms with Gasteiger partial charge in [-0.2, -0.15) is 0 Å². The number of likely N-dealkylation sites (N-methyl/N-ethyl adjacent to an activating group) is 1. The summed E-state index contributed by atoms with van der Waals surface area (Å²) >= 11 is 0. The minimum absolute atomic E-state index is 0.0661. The van der Waals surface area contributed by atoms with Gasteiger partial charge in [0, 0.05) is 67.3 Å². The number of alkyl halides is 2. The normalized spacial score (nSPS) is 13.7. The van der Waals surface area contributed by atoms with Crippen molar-refractivity contribution in [3.8, 4) is 22.8 Å². The molecule has 0 unspecified atom stereocenters. The third kappa shape index (κ3) is 14.0. The molecule has 0 saturated heterocycles. The Morgan fingerprint density at radius 2 is 1.61 bits per heavy atom. The van der Waals surface area contributed by atoms with E-state index in [1.54, 1.807) is 53.4 Å². The van der Waals surface area contributed by atoms with Crippen LogP contribution in [0.15, 0.2) is 103 Å². The standard InChI is InChI=1S/C29H30F2N4O5.C24H31N5O2/c1-18-6-9-24(34-25(18)19-4-3-5-20(16-19)26(36)33-13-15-38-14-12-32-2)35-27(37)28(10-11-28)21-7-8-22-23(17-21)40-29(30,31)39-22;1-2-3-10-25-12-13-26-22-6-4-19(5-7-22)8-11-27-24(31)21-17-20-9-14-29(15-16-30)23(20)28-18-21/h3-9,16-17,32H,10-15H2,1-2H3,(H,33,36)(H,34,35,37);4-7,9,14,16-18,25-26H,2-3,8,10-13,15H2,1H3,(H,27,31). The first-order valence-corrected chi connectivity index (χ1v) is 23.9. The number of rotatable bonds is 24. The van der Waals surface area contributed by atoms with Crippen LogP contribution < -0.4 is 41.4 Å². The smallest absolute Gasteiger partial charge is 0.395 e. The van der Waals surface area contributed by atoms with Gasteiger partial charge < -0.3 is 55.5 Å². The first kappa shape index (κ1) is 51.6. The Kier molecular flexibility index (Phi) is 17.8. The molecule has 1 saturated carbocycles. The van der Waals surface area contributed by atoms with E-state index in [2.05, 4.69) is 82.5 Å². The van der Waals surface area contributed by atoms with E-state index in [0.29, 0.717) is 73.0 Å². The Balaban J connectivity index is 0.000000216. The average molecular weight is 974 g/mol. The number of ether oxygens (including phenoxy) is 3. The second-order valence-electron chi connectivity index (χ2n) is 17.3. The number of hydrogen-bond donors (Lipinski definition) is 6. The quantitative estimate of drug-likeness (QED) is 0.0268. The van der Waals surface area contributed by atoms with E-state index in [-0.39, 0.29) is 35.8 Å². The number of aldehydes is 1. The molecule has 3 amide bonds. The van der Waals surface area contributed by atoms with Crippen LogP contribution in [0.25, 0.3) is 22.3 Å². The molecule has 0 radical (unpaired) electrons. The number of halogens is 2. The van der Waals surface area contributed by atoms with Crippen LogP contribution in [0.1, 0.15) is 70.0 Å². The van der Waals surface area contributed by atoms with Gasteiger partial charge in [0.05, 0.1) is 36.4 Å². The lowest BCUT2D eigenvalue weighted by Crippen LogP contribution is -2.28. The molecular weight excluding hydrogens is 913 g/mol. The molecule has 16 nitrogen and oxygen atoms in total. The number of aryl methyl sites for hydroxylation is 1. The van der Waals surface area contributed by atoms with Gasteiger partial charge in [-0.1, -0.05) is 49.7 Å². The van der Waals surface area contributed by atoms with Crippen LogP contribution in [0.3, 0.4) is 0 Å². The van der Waals surface area contributed by atoms with Gasteiger partial charge >= 0.3 is 6.29 Å². The van der Waals surface area contributed by atoms with Gasteiger partial charge in [0.2, 0.25) is 5.91 Å². The molecule has 374 valence electrons. The van der Waals surface area contributed by atoms with Crippen LogP contribution in [0.5, 0.6) is 11.5 Å². The van der Waals surface area contributed by atoms with Crippen molar-refractivity contribution in [1.82, 2.24) is 35.8 Å². The third-order valence-corrected chi connectivity index (χ3v) is 12.0. The summed E-state index contributed by atoms with van der Waals surface area (Å²) in [5.41, 5.74) is 5.90. The molecule has 4 heterocycles. The second-order valence-corrected chi connectivity index (χ2v) is 17.3. The molecule has 71 heavy (non-hydrogen) atoms. The summed E-state index contributed by atoms with van der Waals surface area (Å²) in [4.78, 5) is 58.2. The summed E-state index contributed by atoms with van der Waals surface area (Å²) in [5, 5.41) is 19.3. The fourth-order valence-corrected chi connectivity index (χ4v) is 7.93. The maximum absolute atomic E-state index is 13.5. The minimum atomic E-state index is -3.72. The zero-order valence-electron chi connectivity index (χ0n) is 40.2. The molecular formula is C53H61F2N9O7. The summed E-state index contributed by atoms with van der Waals surface area (Å²) in [6, 6.07) is 27.1. The second kappa shape index (κ2) is 24.5. The van der Waals surface area contributed by atoms with Gasteiger partial charge in [-0.3, -0.25) is 14.4 Å². The van der Waals surface area contributed by atoms with Gasteiger partial charge in [0.25, 0.3) is 11.8 Å². The number of amides is 3. The zero-order valence-corrected chi connectivity index (χ0v) is 40.2. The van der Waals surface area contributed by atoms with Crippen LogP contribution in [-0.2, 0) is 32.7 Å². The summed E-state index contributed by atoms with van der Waals surface area (Å²) in [7, 11) is 1.84. The van der Waals surface area contributed by atoms with Crippen molar-refractivity contribution in [2.45, 2.75) is 64.2 Å². The van der Waals surface area contributed by atoms with Crippen LogP contribution >= 0.6 is 0 Å². The van der Waals surface area contributed by atoms with Crippen LogP contribution in [0.2, 0.25) is 0 Å². The Morgan fingerprint density at radius 1 is 0.831 bits per heavy atom. The molecule has 0 spiro atoms. The number of benzene rings is 3. The first-order chi connectivity index (χ1) is 34.4. The molecule has 0 atom stereocenters. The minimum Gasteiger partial charge on any atom is -0.395 e. The highest BCUT2D eigenvalue weighted by molar-refractivity contribution is 6.01. The first-order valence-electron chi connectivity index (χ1n) is 23.9. The van der Waals surface area contributed by atoms with Crippen molar-refractivity contribution in [1.29, 1.82) is 0 Å². The fourth-order valence-electron chi connectivity index (χ4n) is 7.93. The number of fused-ring (bicyclic) bond motifs is 2. The zero-order chi connectivity index (χ0) is 50.2. The van der Waals surface area contributed by atoms with Gasteiger partial charge in [0.1, 0.15) is 17.8 Å². The summed E-state index contributed by atoms with van der Waals surface area (Å²) in [6.45, 7) is 9.93. The predicted molar refractivity (Wildman–Crippen MR) is 268 cm³/mol. The maximum atomic E-state index is 13.5. The molecule has 3 aromatic carbocycles. The van der Waals surface area contributed by atoms with E-state index in [1.165, 1.54) is 30.5 Å². The maximum Gasteiger partial charge on any atom is 0.586 e. The van der Waals surface area contributed by atoms with Crippen molar-refractivity contribution >= 4 is 46.5 Å². The topological polar surface area (TPSA) is 199 Å². The number of carbonyl (C=O) groups is 4. The van der Waals surface area contributed by atoms with Gasteiger partial charge in [-0.25, -0.2) is 9.97 Å². The van der Waals surface area contributed by atoms with E-state index < -0.39 is 11.7 Å². The van der Waals surface area contributed by atoms with E-state index in [1.807, 2.05) is 32.2 Å². The summed E-state index contributed by atoms with van der Waals surface area (Å²) < 4.78 is 43.1. The molecule has 0 bridgehead atoms. The predicted octanol–water partition coefficient (Wildman–Crippen LogP) is 7.02. The molecule has 18 heteroatoms. The number of anilines is 2. The number of nitrogens with one attached hydrogen (secondary N) is 6. The van der Waals surface area contributed by atoms with Crippen molar-refractivity contribution < 1.29 is 42.2 Å². The molecule has 8 rings (SSSR count). The average Bonchev–Trinajstić information content (AvgIpc) is 4.00. The molecule has 6 aromatic rings. The Bertz CT molecular complexity index is 2780. The molecule has 3 aromatic heterocycles. The largest absolute Gasteiger partial charge is 0.586 e. The highest BCUT2D eigenvalue weighted by atomic mass is 19.3. The lowest BCUT2D eigenvalue weighted by atomic mass is 9.94. The molecule has 2 aliphatic rings. The number of carbonyl (C=O) groups excluding carboxylic acids is 4. The van der Waals surface area contributed by atoms with Gasteiger partial charge in [0.15, 0.2) is 11.5 Å². The van der Waals surface area contributed by atoms with E-state index in [9.17, 15) is 28.0 Å². The van der Waals surface area contributed by atoms with Crippen molar-refractivity contribution in [2.24, 2.45) is 0 Å².